The summed E-state index contributed by atoms with van der Waals surface area (Å²) >= 11 is 0. The van der Waals surface area contributed by atoms with Crippen molar-refractivity contribution in [2.45, 2.75) is 33.1 Å². The normalized spacial score (nSPS) is 13.2. The highest BCUT2D eigenvalue weighted by Crippen LogP contribution is 2.05. The van der Waals surface area contributed by atoms with Gasteiger partial charge in [0.1, 0.15) is 0 Å². The lowest BCUT2D eigenvalue weighted by molar-refractivity contribution is 0.463. The van der Waals surface area contributed by atoms with Gasteiger partial charge < -0.3 is 10.6 Å². The molecule has 0 aromatic heterocycles. The average molecular weight is 172 g/mol. The minimum Gasteiger partial charge on any atom is -0.320 e. The predicted octanol–water partition coefficient (Wildman–Crippen LogP) is 1.62. The van der Waals surface area contributed by atoms with Crippen LogP contribution in [0.5, 0.6) is 0 Å². The molecule has 0 aliphatic rings. The molecular weight excluding hydrogens is 148 g/mol. The van der Waals surface area contributed by atoms with Crippen LogP contribution < -0.4 is 10.6 Å². The summed E-state index contributed by atoms with van der Waals surface area (Å²) in [6.45, 7) is 7.92. The lowest BCUT2D eigenvalue weighted by Gasteiger charge is -2.10. The summed E-state index contributed by atoms with van der Waals surface area (Å²) in [7, 11) is 2.02. The van der Waals surface area contributed by atoms with Gasteiger partial charge in [0.15, 0.2) is 0 Å². The first-order valence-corrected chi connectivity index (χ1v) is 5.16. The lowest BCUT2D eigenvalue weighted by atomic mass is 10.0. The van der Waals surface area contributed by atoms with Gasteiger partial charge in [-0.15, -0.1) is 0 Å². The Hall–Kier alpha value is -0.0800. The SMILES string of the molecule is CCNCC(C)CCCCNC. The first-order chi connectivity index (χ1) is 5.81. The molecule has 0 aromatic rings. The van der Waals surface area contributed by atoms with Gasteiger partial charge in [-0.25, -0.2) is 0 Å². The van der Waals surface area contributed by atoms with E-state index in [1.807, 2.05) is 7.05 Å². The van der Waals surface area contributed by atoms with Crippen LogP contribution in [-0.4, -0.2) is 26.7 Å². The fourth-order valence-electron chi connectivity index (χ4n) is 1.29. The summed E-state index contributed by atoms with van der Waals surface area (Å²) in [4.78, 5) is 0. The Morgan fingerprint density at radius 2 is 2.00 bits per heavy atom. The van der Waals surface area contributed by atoms with Crippen LogP contribution >= 0.6 is 0 Å². The third-order valence-corrected chi connectivity index (χ3v) is 2.12. The van der Waals surface area contributed by atoms with Crippen molar-refractivity contribution in [1.29, 1.82) is 0 Å². The zero-order chi connectivity index (χ0) is 9.23. The molecule has 0 amide bonds. The molecule has 0 aliphatic carbocycles. The third kappa shape index (κ3) is 8.02. The predicted molar refractivity (Wildman–Crippen MR) is 55.5 cm³/mol. The molecule has 1 unspecified atom stereocenters. The van der Waals surface area contributed by atoms with E-state index in [0.717, 1.165) is 19.0 Å². The molecule has 0 rings (SSSR count). The largest absolute Gasteiger partial charge is 0.320 e. The molecule has 0 fully saturated rings. The van der Waals surface area contributed by atoms with Crippen LogP contribution in [0.15, 0.2) is 0 Å². The molecule has 2 nitrogen and oxygen atoms in total. The quantitative estimate of drug-likeness (QED) is 0.544. The Morgan fingerprint density at radius 1 is 1.25 bits per heavy atom. The Labute approximate surface area is 77.1 Å². The van der Waals surface area contributed by atoms with Crippen LogP contribution in [0.3, 0.4) is 0 Å². The standard InChI is InChI=1S/C10H24N2/c1-4-12-9-10(2)7-5-6-8-11-3/h10-12H,4-9H2,1-3H3. The summed E-state index contributed by atoms with van der Waals surface area (Å²) in [6, 6.07) is 0. The van der Waals surface area contributed by atoms with Gasteiger partial charge in [-0.05, 0) is 45.4 Å². The highest BCUT2D eigenvalue weighted by atomic mass is 14.8. The molecule has 0 saturated heterocycles. The van der Waals surface area contributed by atoms with Crippen molar-refractivity contribution in [3.8, 4) is 0 Å². The number of unbranched alkanes of at least 4 members (excludes halogenated alkanes) is 1. The Morgan fingerprint density at radius 3 is 2.58 bits per heavy atom. The molecule has 1 atom stereocenters. The molecule has 0 spiro atoms. The maximum atomic E-state index is 3.37. The fraction of sp³-hybridized carbons (Fsp3) is 1.00. The van der Waals surface area contributed by atoms with Gasteiger partial charge >= 0.3 is 0 Å². The van der Waals surface area contributed by atoms with E-state index in [4.69, 9.17) is 0 Å². The second-order valence-corrected chi connectivity index (χ2v) is 3.51. The molecule has 2 N–H and O–H groups in total. The first kappa shape index (κ1) is 11.9. The van der Waals surface area contributed by atoms with Crippen molar-refractivity contribution >= 4 is 0 Å². The van der Waals surface area contributed by atoms with Crippen molar-refractivity contribution in [3.63, 3.8) is 0 Å². The van der Waals surface area contributed by atoms with Crippen molar-refractivity contribution in [1.82, 2.24) is 10.6 Å². The molecule has 0 aliphatic heterocycles. The Balaban J connectivity index is 3.02. The second kappa shape index (κ2) is 9.01. The Bertz CT molecular complexity index is 83.9. The average Bonchev–Trinajstić information content (AvgIpc) is 2.09. The Kier molecular flexibility index (Phi) is 8.95. The van der Waals surface area contributed by atoms with Gasteiger partial charge in [0.25, 0.3) is 0 Å². The smallest absolute Gasteiger partial charge is 0.00233 e. The van der Waals surface area contributed by atoms with Crippen molar-refractivity contribution in [2.75, 3.05) is 26.7 Å². The highest BCUT2D eigenvalue weighted by molar-refractivity contribution is 4.56. The molecular formula is C10H24N2. The third-order valence-electron chi connectivity index (χ3n) is 2.12. The lowest BCUT2D eigenvalue weighted by Crippen LogP contribution is -2.20. The number of hydrogen-bond donors (Lipinski definition) is 2. The van der Waals surface area contributed by atoms with Crippen molar-refractivity contribution in [3.05, 3.63) is 0 Å². The van der Waals surface area contributed by atoms with Gasteiger partial charge in [0.05, 0.1) is 0 Å². The van der Waals surface area contributed by atoms with E-state index in [0.29, 0.717) is 0 Å². The second-order valence-electron chi connectivity index (χ2n) is 3.51. The van der Waals surface area contributed by atoms with E-state index in [1.54, 1.807) is 0 Å². The van der Waals surface area contributed by atoms with Gasteiger partial charge in [0, 0.05) is 0 Å². The topological polar surface area (TPSA) is 24.1 Å². The van der Waals surface area contributed by atoms with Gasteiger partial charge in [-0.1, -0.05) is 20.3 Å². The summed E-state index contributed by atoms with van der Waals surface area (Å²) in [5.41, 5.74) is 0. The van der Waals surface area contributed by atoms with E-state index in [1.165, 1.54) is 25.8 Å². The molecule has 12 heavy (non-hydrogen) atoms. The minimum absolute atomic E-state index is 0.835. The van der Waals surface area contributed by atoms with Crippen molar-refractivity contribution in [2.24, 2.45) is 5.92 Å². The number of hydrogen-bond acceptors (Lipinski definition) is 2. The zero-order valence-electron chi connectivity index (χ0n) is 8.82. The van der Waals surface area contributed by atoms with Gasteiger partial charge in [-0.3, -0.25) is 0 Å². The van der Waals surface area contributed by atoms with E-state index >= 15 is 0 Å². The minimum atomic E-state index is 0.835. The van der Waals surface area contributed by atoms with E-state index in [9.17, 15) is 0 Å². The molecule has 0 heterocycles. The molecule has 0 radical (unpaired) electrons. The molecule has 74 valence electrons. The van der Waals surface area contributed by atoms with Gasteiger partial charge in [-0.2, -0.15) is 0 Å². The molecule has 0 bridgehead atoms. The summed E-state index contributed by atoms with van der Waals surface area (Å²) in [5.74, 6) is 0.835. The van der Waals surface area contributed by atoms with E-state index in [2.05, 4.69) is 24.5 Å². The summed E-state index contributed by atoms with van der Waals surface area (Å²) in [6.07, 6.45) is 4.02. The summed E-state index contributed by atoms with van der Waals surface area (Å²) < 4.78 is 0. The van der Waals surface area contributed by atoms with Crippen LogP contribution in [-0.2, 0) is 0 Å². The maximum Gasteiger partial charge on any atom is -0.00233 e. The van der Waals surface area contributed by atoms with E-state index < -0.39 is 0 Å². The fourth-order valence-corrected chi connectivity index (χ4v) is 1.29. The molecule has 2 heteroatoms. The maximum absolute atomic E-state index is 3.37. The van der Waals surface area contributed by atoms with Crippen LogP contribution in [0.1, 0.15) is 33.1 Å². The van der Waals surface area contributed by atoms with Crippen LogP contribution in [0.2, 0.25) is 0 Å². The van der Waals surface area contributed by atoms with Crippen LogP contribution in [0.25, 0.3) is 0 Å². The summed E-state index contributed by atoms with van der Waals surface area (Å²) in [5, 5.41) is 6.54. The molecule has 0 saturated carbocycles. The van der Waals surface area contributed by atoms with Crippen LogP contribution in [0, 0.1) is 5.92 Å². The number of rotatable bonds is 8. The molecule has 0 aromatic carbocycles. The van der Waals surface area contributed by atoms with E-state index in [-0.39, 0.29) is 0 Å². The highest BCUT2D eigenvalue weighted by Gasteiger charge is 1.99. The monoisotopic (exact) mass is 172 g/mol. The van der Waals surface area contributed by atoms with Crippen LogP contribution in [0.4, 0.5) is 0 Å². The van der Waals surface area contributed by atoms with Crippen molar-refractivity contribution < 1.29 is 0 Å². The number of nitrogens with one attached hydrogen (secondary N) is 2. The zero-order valence-corrected chi connectivity index (χ0v) is 8.82. The van der Waals surface area contributed by atoms with Gasteiger partial charge in [0.2, 0.25) is 0 Å². The first-order valence-electron chi connectivity index (χ1n) is 5.16.